The number of hydrogen-bond donors (Lipinski definition) is 0. The van der Waals surface area contributed by atoms with E-state index in [-0.39, 0.29) is 0 Å². The molecular weight excluding hydrogens is 320 g/mol. The highest BCUT2D eigenvalue weighted by atomic mass is 32.2. The average Bonchev–Trinajstić information content (AvgIpc) is 2.63. The first-order valence-electron chi connectivity index (χ1n) is 8.45. The van der Waals surface area contributed by atoms with Gasteiger partial charge in [0.25, 0.3) is 0 Å². The summed E-state index contributed by atoms with van der Waals surface area (Å²) in [7, 11) is -3.38. The molecule has 5 heteroatoms. The number of piperazine rings is 1. The normalized spacial score (nSPS) is 17.0. The lowest BCUT2D eigenvalue weighted by Crippen LogP contribution is -2.48. The van der Waals surface area contributed by atoms with Crippen molar-refractivity contribution in [3.05, 3.63) is 65.7 Å². The van der Waals surface area contributed by atoms with Gasteiger partial charge < -0.3 is 0 Å². The lowest BCUT2D eigenvalue weighted by molar-refractivity contribution is 0.181. The largest absolute Gasteiger partial charge is 0.296 e. The fourth-order valence-corrected chi connectivity index (χ4v) is 4.44. The summed E-state index contributed by atoms with van der Waals surface area (Å²) in [6.45, 7) is 5.56. The van der Waals surface area contributed by atoms with Gasteiger partial charge in [0.2, 0.25) is 10.0 Å². The van der Waals surface area contributed by atoms with Crippen molar-refractivity contribution < 1.29 is 8.42 Å². The van der Waals surface area contributed by atoms with E-state index in [1.807, 2.05) is 30.3 Å². The van der Waals surface area contributed by atoms with Crippen LogP contribution in [0, 0.1) is 0 Å². The van der Waals surface area contributed by atoms with Crippen LogP contribution in [0.15, 0.2) is 59.5 Å². The first kappa shape index (κ1) is 17.1. The van der Waals surface area contributed by atoms with E-state index in [1.165, 1.54) is 5.56 Å². The smallest absolute Gasteiger partial charge is 0.243 e. The highest BCUT2D eigenvalue weighted by Crippen LogP contribution is 2.19. The number of hydrogen-bond acceptors (Lipinski definition) is 3. The minimum atomic E-state index is -3.38. The van der Waals surface area contributed by atoms with Gasteiger partial charge in [-0.3, -0.25) is 4.90 Å². The predicted molar refractivity (Wildman–Crippen MR) is 96.3 cm³/mol. The minimum Gasteiger partial charge on any atom is -0.296 e. The minimum absolute atomic E-state index is 0.399. The first-order chi connectivity index (χ1) is 11.6. The SMILES string of the molecule is CCc1ccc(S(=O)(=O)N2CCN(Cc3ccccc3)CC2)cc1. The summed E-state index contributed by atoms with van der Waals surface area (Å²) < 4.78 is 27.1. The van der Waals surface area contributed by atoms with E-state index in [0.717, 1.165) is 31.6 Å². The molecule has 0 radical (unpaired) electrons. The summed E-state index contributed by atoms with van der Waals surface area (Å²) in [5, 5.41) is 0. The van der Waals surface area contributed by atoms with Crippen molar-refractivity contribution in [2.45, 2.75) is 24.8 Å². The summed E-state index contributed by atoms with van der Waals surface area (Å²) >= 11 is 0. The molecule has 3 rings (SSSR count). The van der Waals surface area contributed by atoms with Crippen LogP contribution in [0.3, 0.4) is 0 Å². The van der Waals surface area contributed by atoms with Gasteiger partial charge in [0, 0.05) is 32.7 Å². The van der Waals surface area contributed by atoms with Gasteiger partial charge in [-0.1, -0.05) is 49.4 Å². The molecule has 1 aliphatic heterocycles. The molecule has 4 nitrogen and oxygen atoms in total. The molecule has 1 fully saturated rings. The maximum absolute atomic E-state index is 12.8. The predicted octanol–water partition coefficient (Wildman–Crippen LogP) is 2.76. The van der Waals surface area contributed by atoms with E-state index in [9.17, 15) is 8.42 Å². The number of benzene rings is 2. The van der Waals surface area contributed by atoms with Crippen LogP contribution in [0.25, 0.3) is 0 Å². The molecule has 0 atom stereocenters. The lowest BCUT2D eigenvalue weighted by atomic mass is 10.2. The summed E-state index contributed by atoms with van der Waals surface area (Å²) in [4.78, 5) is 2.71. The first-order valence-corrected chi connectivity index (χ1v) is 9.89. The highest BCUT2D eigenvalue weighted by molar-refractivity contribution is 7.89. The van der Waals surface area contributed by atoms with Gasteiger partial charge in [-0.25, -0.2) is 8.42 Å². The van der Waals surface area contributed by atoms with Gasteiger partial charge in [-0.05, 0) is 29.7 Å². The summed E-state index contributed by atoms with van der Waals surface area (Å²) in [6.07, 6.45) is 0.915. The number of nitrogens with zero attached hydrogens (tertiary/aromatic N) is 2. The fraction of sp³-hybridized carbons (Fsp3) is 0.368. The van der Waals surface area contributed by atoms with Crippen LogP contribution < -0.4 is 0 Å². The Labute approximate surface area is 144 Å². The number of aryl methyl sites for hydroxylation is 1. The van der Waals surface area contributed by atoms with Crippen molar-refractivity contribution in [1.29, 1.82) is 0 Å². The van der Waals surface area contributed by atoms with Crippen LogP contribution in [-0.2, 0) is 23.0 Å². The Kier molecular flexibility index (Phi) is 5.33. The molecular formula is C19H24N2O2S. The second kappa shape index (κ2) is 7.47. The average molecular weight is 344 g/mol. The quantitative estimate of drug-likeness (QED) is 0.837. The topological polar surface area (TPSA) is 40.6 Å². The van der Waals surface area contributed by atoms with Gasteiger partial charge in [-0.2, -0.15) is 4.31 Å². The zero-order chi connectivity index (χ0) is 17.0. The van der Waals surface area contributed by atoms with E-state index in [2.05, 4.69) is 24.0 Å². The molecule has 1 aliphatic rings. The summed E-state index contributed by atoms with van der Waals surface area (Å²) in [5.41, 5.74) is 2.42. The summed E-state index contributed by atoms with van der Waals surface area (Å²) in [6, 6.07) is 17.6. The van der Waals surface area contributed by atoms with Gasteiger partial charge in [0.05, 0.1) is 4.90 Å². The third kappa shape index (κ3) is 3.86. The molecule has 128 valence electrons. The van der Waals surface area contributed by atoms with E-state index >= 15 is 0 Å². The van der Waals surface area contributed by atoms with Crippen molar-refractivity contribution in [2.75, 3.05) is 26.2 Å². The molecule has 0 aliphatic carbocycles. The monoisotopic (exact) mass is 344 g/mol. The zero-order valence-electron chi connectivity index (χ0n) is 14.1. The van der Waals surface area contributed by atoms with Gasteiger partial charge in [-0.15, -0.1) is 0 Å². The molecule has 1 saturated heterocycles. The highest BCUT2D eigenvalue weighted by Gasteiger charge is 2.28. The Bertz CT molecular complexity index is 750. The van der Waals surface area contributed by atoms with Crippen LogP contribution in [0.4, 0.5) is 0 Å². The second-order valence-corrected chi connectivity index (χ2v) is 8.10. The van der Waals surface area contributed by atoms with E-state index in [0.29, 0.717) is 18.0 Å². The maximum Gasteiger partial charge on any atom is 0.243 e. The molecule has 2 aromatic rings. The van der Waals surface area contributed by atoms with Crippen LogP contribution in [0.2, 0.25) is 0 Å². The Balaban J connectivity index is 1.62. The van der Waals surface area contributed by atoms with Crippen molar-refractivity contribution >= 4 is 10.0 Å². The molecule has 0 unspecified atom stereocenters. The third-order valence-corrected chi connectivity index (χ3v) is 6.46. The molecule has 0 aromatic heterocycles. The number of rotatable bonds is 5. The van der Waals surface area contributed by atoms with E-state index < -0.39 is 10.0 Å². The zero-order valence-corrected chi connectivity index (χ0v) is 14.9. The molecule has 24 heavy (non-hydrogen) atoms. The van der Waals surface area contributed by atoms with Crippen LogP contribution in [-0.4, -0.2) is 43.8 Å². The Morgan fingerprint density at radius 3 is 2.04 bits per heavy atom. The van der Waals surface area contributed by atoms with Gasteiger partial charge in [0.15, 0.2) is 0 Å². The number of sulfonamides is 1. The standard InChI is InChI=1S/C19H24N2O2S/c1-2-17-8-10-19(11-9-17)24(22,23)21-14-12-20(13-15-21)16-18-6-4-3-5-7-18/h3-11H,2,12-16H2,1H3. The maximum atomic E-state index is 12.8. The lowest BCUT2D eigenvalue weighted by Gasteiger charge is -2.34. The fourth-order valence-electron chi connectivity index (χ4n) is 3.02. The third-order valence-electron chi connectivity index (χ3n) is 4.55. The molecule has 0 saturated carbocycles. The van der Waals surface area contributed by atoms with Gasteiger partial charge in [0.1, 0.15) is 0 Å². The molecule has 2 aromatic carbocycles. The van der Waals surface area contributed by atoms with Crippen LogP contribution in [0.1, 0.15) is 18.1 Å². The Morgan fingerprint density at radius 2 is 1.46 bits per heavy atom. The molecule has 0 amide bonds. The van der Waals surface area contributed by atoms with Crippen LogP contribution >= 0.6 is 0 Å². The van der Waals surface area contributed by atoms with Crippen molar-refractivity contribution in [3.63, 3.8) is 0 Å². The van der Waals surface area contributed by atoms with Crippen LogP contribution in [0.5, 0.6) is 0 Å². The summed E-state index contributed by atoms with van der Waals surface area (Å²) in [5.74, 6) is 0. The van der Waals surface area contributed by atoms with Gasteiger partial charge >= 0.3 is 0 Å². The Hall–Kier alpha value is -1.69. The second-order valence-electron chi connectivity index (χ2n) is 6.16. The van der Waals surface area contributed by atoms with Crippen molar-refractivity contribution in [1.82, 2.24) is 9.21 Å². The molecule has 0 spiro atoms. The molecule has 0 bridgehead atoms. The molecule has 0 N–H and O–H groups in total. The van der Waals surface area contributed by atoms with Crippen molar-refractivity contribution in [2.24, 2.45) is 0 Å². The molecule has 1 heterocycles. The van der Waals surface area contributed by atoms with Crippen molar-refractivity contribution in [3.8, 4) is 0 Å². The Morgan fingerprint density at radius 1 is 0.833 bits per heavy atom. The van der Waals surface area contributed by atoms with E-state index in [4.69, 9.17) is 0 Å². The van der Waals surface area contributed by atoms with E-state index in [1.54, 1.807) is 16.4 Å².